The Kier molecular flexibility index (Phi) is 1.66. The maximum atomic E-state index is 11.9. The van der Waals surface area contributed by atoms with Crippen molar-refractivity contribution in [3.05, 3.63) is 17.3 Å². The van der Waals surface area contributed by atoms with Gasteiger partial charge in [-0.2, -0.15) is 13.2 Å². The molecule has 0 amide bonds. The average Bonchev–Trinajstić information content (AvgIpc) is 2.08. The molecule has 0 fully saturated rings. The van der Waals surface area contributed by atoms with Gasteiger partial charge in [0.05, 0.1) is 0 Å². The van der Waals surface area contributed by atoms with Crippen molar-refractivity contribution in [2.45, 2.75) is 20.0 Å². The number of nitrogens with zero attached hydrogens (tertiary/aromatic N) is 1. The molecule has 11 heavy (non-hydrogen) atoms. The van der Waals surface area contributed by atoms with Crippen LogP contribution in [0, 0.1) is 13.8 Å². The summed E-state index contributed by atoms with van der Waals surface area (Å²) in [6.07, 6.45) is -4.40. The first-order valence-corrected chi connectivity index (χ1v) is 2.92. The van der Waals surface area contributed by atoms with E-state index < -0.39 is 11.9 Å². The Hall–Kier alpha value is -1.00. The van der Waals surface area contributed by atoms with E-state index in [1.807, 2.05) is 0 Å². The Bertz CT molecular complexity index is 263. The number of aromatic nitrogens is 1. The zero-order valence-electron chi connectivity index (χ0n) is 5.99. The first kappa shape index (κ1) is 8.10. The molecule has 2 nitrogen and oxygen atoms in total. The molecule has 0 aliphatic carbocycles. The summed E-state index contributed by atoms with van der Waals surface area (Å²) in [5.74, 6) is -0.148. The lowest BCUT2D eigenvalue weighted by molar-refractivity contribution is -0.141. The monoisotopic (exact) mass is 165 g/mol. The van der Waals surface area contributed by atoms with E-state index >= 15 is 0 Å². The molecule has 5 heteroatoms. The molecule has 62 valence electrons. The highest BCUT2D eigenvalue weighted by molar-refractivity contribution is 5.11. The van der Waals surface area contributed by atoms with Crippen LogP contribution in [-0.2, 0) is 6.18 Å². The Morgan fingerprint density at radius 2 is 1.82 bits per heavy atom. The third-order valence-corrected chi connectivity index (χ3v) is 1.17. The molecular weight excluding hydrogens is 159 g/mol. The second kappa shape index (κ2) is 2.25. The Labute approximate surface area is 61.0 Å². The molecule has 1 heterocycles. The minimum absolute atomic E-state index is 0.0369. The lowest BCUT2D eigenvalue weighted by Crippen LogP contribution is -2.06. The molecule has 0 aliphatic heterocycles. The molecule has 1 aromatic rings. The fourth-order valence-electron chi connectivity index (χ4n) is 0.792. The summed E-state index contributed by atoms with van der Waals surface area (Å²) in [5, 5.41) is 0. The lowest BCUT2D eigenvalue weighted by atomic mass is 10.4. The molecule has 0 spiro atoms. The van der Waals surface area contributed by atoms with Crippen molar-refractivity contribution in [2.75, 3.05) is 0 Å². The Balaban J connectivity index is 3.13. The van der Waals surface area contributed by atoms with Crippen LogP contribution in [0.2, 0.25) is 0 Å². The third-order valence-electron chi connectivity index (χ3n) is 1.17. The van der Waals surface area contributed by atoms with Gasteiger partial charge in [-0.25, -0.2) is 4.98 Å². The second-order valence-electron chi connectivity index (χ2n) is 2.14. The lowest BCUT2D eigenvalue weighted by Gasteiger charge is -2.00. The molecule has 0 N–H and O–H groups in total. The Morgan fingerprint density at radius 1 is 1.27 bits per heavy atom. The highest BCUT2D eigenvalue weighted by atomic mass is 19.4. The highest BCUT2D eigenvalue weighted by Crippen LogP contribution is 2.30. The molecule has 0 saturated carbocycles. The van der Waals surface area contributed by atoms with Gasteiger partial charge in [-0.1, -0.05) is 0 Å². The maximum absolute atomic E-state index is 11.9. The van der Waals surface area contributed by atoms with Gasteiger partial charge in [-0.15, -0.1) is 0 Å². The van der Waals surface area contributed by atoms with Gasteiger partial charge < -0.3 is 4.42 Å². The van der Waals surface area contributed by atoms with E-state index in [1.165, 1.54) is 13.8 Å². The predicted molar refractivity (Wildman–Crippen MR) is 31.0 cm³/mol. The van der Waals surface area contributed by atoms with Crippen molar-refractivity contribution in [1.82, 2.24) is 4.98 Å². The van der Waals surface area contributed by atoms with Gasteiger partial charge in [0.15, 0.2) is 11.6 Å². The largest absolute Gasteiger partial charge is 0.446 e. The average molecular weight is 165 g/mol. The predicted octanol–water partition coefficient (Wildman–Crippen LogP) is 2.31. The maximum Gasteiger partial charge on any atom is 0.436 e. The number of alkyl halides is 3. The van der Waals surface area contributed by atoms with E-state index in [-0.39, 0.29) is 11.7 Å². The van der Waals surface area contributed by atoms with Crippen molar-refractivity contribution in [3.63, 3.8) is 0 Å². The second-order valence-corrected chi connectivity index (χ2v) is 2.14. The van der Waals surface area contributed by atoms with Gasteiger partial charge in [0.25, 0.3) is 0 Å². The van der Waals surface area contributed by atoms with Gasteiger partial charge >= 0.3 is 6.18 Å². The molecule has 1 rings (SSSR count). The summed E-state index contributed by atoms with van der Waals surface area (Å²) < 4.78 is 40.4. The molecular formula is C6H6F3NO. The standard InChI is InChI=1S/C6H6F3NO/c1-3-5(6(7,8)9)10-4(2)11-3/h1-2H3. The van der Waals surface area contributed by atoms with Crippen molar-refractivity contribution < 1.29 is 17.6 Å². The molecule has 0 radical (unpaired) electrons. The third kappa shape index (κ3) is 1.53. The van der Waals surface area contributed by atoms with Gasteiger partial charge in [-0.3, -0.25) is 0 Å². The summed E-state index contributed by atoms with van der Waals surface area (Å²) in [4.78, 5) is 3.19. The molecule has 0 aromatic carbocycles. The fraction of sp³-hybridized carbons (Fsp3) is 0.500. The summed E-state index contributed by atoms with van der Waals surface area (Å²) in [6.45, 7) is 2.62. The zero-order valence-corrected chi connectivity index (χ0v) is 5.99. The van der Waals surface area contributed by atoms with E-state index in [4.69, 9.17) is 0 Å². The summed E-state index contributed by atoms with van der Waals surface area (Å²) in [6, 6.07) is 0. The van der Waals surface area contributed by atoms with E-state index in [1.54, 1.807) is 0 Å². The minimum Gasteiger partial charge on any atom is -0.446 e. The SMILES string of the molecule is Cc1nc(C(F)(F)F)c(C)o1. The number of hydrogen-bond acceptors (Lipinski definition) is 2. The van der Waals surface area contributed by atoms with Crippen molar-refractivity contribution in [2.24, 2.45) is 0 Å². The van der Waals surface area contributed by atoms with E-state index in [0.717, 1.165) is 0 Å². The topological polar surface area (TPSA) is 26.0 Å². The van der Waals surface area contributed by atoms with Crippen LogP contribution in [0.5, 0.6) is 0 Å². The molecule has 0 unspecified atom stereocenters. The van der Waals surface area contributed by atoms with Gasteiger partial charge in [0.2, 0.25) is 0 Å². The fourth-order valence-corrected chi connectivity index (χ4v) is 0.792. The van der Waals surface area contributed by atoms with E-state index in [2.05, 4.69) is 9.40 Å². The smallest absolute Gasteiger partial charge is 0.436 e. The van der Waals surface area contributed by atoms with E-state index in [9.17, 15) is 13.2 Å². The van der Waals surface area contributed by atoms with Crippen LogP contribution >= 0.6 is 0 Å². The number of rotatable bonds is 0. The molecule has 0 aliphatic rings. The van der Waals surface area contributed by atoms with Gasteiger partial charge in [0, 0.05) is 6.92 Å². The van der Waals surface area contributed by atoms with Crippen LogP contribution in [0.3, 0.4) is 0 Å². The number of hydrogen-bond donors (Lipinski definition) is 0. The summed E-state index contributed by atoms with van der Waals surface area (Å²) >= 11 is 0. The normalized spacial score (nSPS) is 12.1. The van der Waals surface area contributed by atoms with Crippen LogP contribution in [0.4, 0.5) is 13.2 Å². The zero-order chi connectivity index (χ0) is 8.65. The molecule has 0 saturated heterocycles. The van der Waals surface area contributed by atoms with Crippen molar-refractivity contribution in [3.8, 4) is 0 Å². The first-order chi connectivity index (χ1) is 4.91. The quantitative estimate of drug-likeness (QED) is 0.589. The Morgan fingerprint density at radius 3 is 2.00 bits per heavy atom. The molecule has 1 aromatic heterocycles. The van der Waals surface area contributed by atoms with Crippen LogP contribution in [0.1, 0.15) is 17.3 Å². The summed E-state index contributed by atoms with van der Waals surface area (Å²) in [7, 11) is 0. The van der Waals surface area contributed by atoms with Gasteiger partial charge in [-0.05, 0) is 6.92 Å². The number of halogens is 3. The van der Waals surface area contributed by atoms with Crippen LogP contribution in [0.15, 0.2) is 4.42 Å². The van der Waals surface area contributed by atoms with Crippen LogP contribution in [0.25, 0.3) is 0 Å². The van der Waals surface area contributed by atoms with Gasteiger partial charge in [0.1, 0.15) is 5.76 Å². The van der Waals surface area contributed by atoms with E-state index in [0.29, 0.717) is 0 Å². The minimum atomic E-state index is -4.40. The van der Waals surface area contributed by atoms with Crippen molar-refractivity contribution in [1.29, 1.82) is 0 Å². The van der Waals surface area contributed by atoms with Crippen LogP contribution < -0.4 is 0 Å². The molecule has 0 bridgehead atoms. The summed E-state index contributed by atoms with van der Waals surface area (Å²) in [5.41, 5.74) is -0.935. The first-order valence-electron chi connectivity index (χ1n) is 2.92. The highest BCUT2D eigenvalue weighted by Gasteiger charge is 2.36. The number of oxazole rings is 1. The van der Waals surface area contributed by atoms with Crippen LogP contribution in [-0.4, -0.2) is 4.98 Å². The molecule has 0 atom stereocenters. The van der Waals surface area contributed by atoms with Crippen molar-refractivity contribution >= 4 is 0 Å². The number of aryl methyl sites for hydroxylation is 2.